The van der Waals surface area contributed by atoms with E-state index in [9.17, 15) is 19.8 Å². The first kappa shape index (κ1) is 26.3. The van der Waals surface area contributed by atoms with Crippen molar-refractivity contribution >= 4 is 28.5 Å². The molecule has 0 unspecified atom stereocenters. The Morgan fingerprint density at radius 3 is 2.54 bits per heavy atom. The maximum absolute atomic E-state index is 15.1. The van der Waals surface area contributed by atoms with E-state index in [0.29, 0.717) is 28.1 Å². The molecule has 2 N–H and O–H groups in total. The topological polar surface area (TPSA) is 102 Å². The number of aromatic nitrogens is 2. The summed E-state index contributed by atoms with van der Waals surface area (Å²) in [6.07, 6.45) is 2.90. The van der Waals surface area contributed by atoms with Crippen molar-refractivity contribution in [3.05, 3.63) is 92.6 Å². The number of pyridine rings is 2. The van der Waals surface area contributed by atoms with Crippen molar-refractivity contribution in [1.82, 2.24) is 9.55 Å². The van der Waals surface area contributed by atoms with E-state index in [1.165, 1.54) is 25.4 Å². The fraction of sp³-hybridized carbons (Fsp3) is 0.250. The van der Waals surface area contributed by atoms with E-state index in [4.69, 9.17) is 16.3 Å². The second-order valence-electron chi connectivity index (χ2n) is 9.08. The summed E-state index contributed by atoms with van der Waals surface area (Å²) in [5, 5.41) is 19.8. The molecule has 0 saturated heterocycles. The number of aliphatic hydroxyl groups is 1. The molecule has 0 aliphatic rings. The van der Waals surface area contributed by atoms with E-state index in [0.717, 1.165) is 0 Å². The van der Waals surface area contributed by atoms with Gasteiger partial charge in [-0.2, -0.15) is 0 Å². The van der Waals surface area contributed by atoms with Crippen LogP contribution >= 0.6 is 11.6 Å². The van der Waals surface area contributed by atoms with Gasteiger partial charge in [0.25, 0.3) is 0 Å². The van der Waals surface area contributed by atoms with Crippen LogP contribution in [0.4, 0.5) is 4.39 Å². The standard InChI is InChI=1S/C28H26ClFN2O5/c1-15(2)24(14-33)32-13-20(28(35)36)27(34)19-10-17(25(37-3)12-23(19)32)9-18-8-16(11-21(29)26(18)30)22-6-4-5-7-31-22/h4-8,10-13,15,24,33H,9,14H2,1-3H3,(H,35,36)/t24-/m1/s1. The SMILES string of the molecule is COc1cc2c(cc1Cc1cc(-c3ccccn3)cc(Cl)c1F)c(=O)c(C(=O)O)cn2[C@H](CO)C(C)C. The largest absolute Gasteiger partial charge is 0.496 e. The van der Waals surface area contributed by atoms with Crippen LogP contribution in [0, 0.1) is 11.7 Å². The third-order valence-electron chi connectivity index (χ3n) is 6.42. The van der Waals surface area contributed by atoms with Crippen LogP contribution < -0.4 is 10.2 Å². The lowest BCUT2D eigenvalue weighted by Crippen LogP contribution is -2.25. The Hall–Kier alpha value is -3.75. The van der Waals surface area contributed by atoms with Gasteiger partial charge in [-0.15, -0.1) is 0 Å². The van der Waals surface area contributed by atoms with Gasteiger partial charge in [-0.25, -0.2) is 9.18 Å². The summed E-state index contributed by atoms with van der Waals surface area (Å²) in [4.78, 5) is 29.4. The third-order valence-corrected chi connectivity index (χ3v) is 6.70. The first-order chi connectivity index (χ1) is 17.7. The Labute approximate surface area is 217 Å². The Bertz CT molecular complexity index is 1540. The fourth-order valence-corrected chi connectivity index (χ4v) is 4.70. The summed E-state index contributed by atoms with van der Waals surface area (Å²) in [5.74, 6) is -1.67. The van der Waals surface area contributed by atoms with E-state index in [1.807, 2.05) is 19.9 Å². The van der Waals surface area contributed by atoms with E-state index in [1.54, 1.807) is 35.0 Å². The van der Waals surface area contributed by atoms with Crippen molar-refractivity contribution in [3.63, 3.8) is 0 Å². The number of fused-ring (bicyclic) bond motifs is 1. The van der Waals surface area contributed by atoms with Crippen LogP contribution in [0.15, 0.2) is 59.7 Å². The molecule has 0 aliphatic heterocycles. The van der Waals surface area contributed by atoms with E-state index < -0.39 is 28.8 Å². The van der Waals surface area contributed by atoms with Crippen molar-refractivity contribution in [3.8, 4) is 17.0 Å². The summed E-state index contributed by atoms with van der Waals surface area (Å²) in [5.41, 5.74) is 1.28. The molecule has 0 aliphatic carbocycles. The molecule has 0 bridgehead atoms. The predicted molar refractivity (Wildman–Crippen MR) is 140 cm³/mol. The molecule has 0 saturated carbocycles. The average Bonchev–Trinajstić information content (AvgIpc) is 2.88. The lowest BCUT2D eigenvalue weighted by molar-refractivity contribution is 0.0694. The van der Waals surface area contributed by atoms with Crippen molar-refractivity contribution in [2.24, 2.45) is 5.92 Å². The highest BCUT2D eigenvalue weighted by atomic mass is 35.5. The summed E-state index contributed by atoms with van der Waals surface area (Å²) in [7, 11) is 1.46. The van der Waals surface area contributed by atoms with Gasteiger partial charge in [0, 0.05) is 35.8 Å². The number of nitrogens with zero attached hydrogens (tertiary/aromatic N) is 2. The molecule has 4 rings (SSSR count). The number of carboxylic acid groups (broad SMARTS) is 1. The number of hydrogen-bond donors (Lipinski definition) is 2. The minimum absolute atomic E-state index is 0.0235. The summed E-state index contributed by atoms with van der Waals surface area (Å²) in [6, 6.07) is 11.2. The number of halogens is 2. The van der Waals surface area contributed by atoms with Gasteiger partial charge < -0.3 is 19.5 Å². The van der Waals surface area contributed by atoms with Gasteiger partial charge in [0.15, 0.2) is 0 Å². The van der Waals surface area contributed by atoms with Crippen LogP contribution in [-0.4, -0.2) is 39.5 Å². The molecular formula is C28H26ClFN2O5. The second kappa shape index (κ2) is 10.7. The normalized spacial score (nSPS) is 12.2. The molecule has 192 valence electrons. The number of rotatable bonds is 8. The summed E-state index contributed by atoms with van der Waals surface area (Å²) >= 11 is 6.21. The Morgan fingerprint density at radius 1 is 1.19 bits per heavy atom. The van der Waals surface area contributed by atoms with Gasteiger partial charge in [0.2, 0.25) is 5.43 Å². The Balaban J connectivity index is 1.94. The molecule has 0 radical (unpaired) electrons. The van der Waals surface area contributed by atoms with E-state index in [-0.39, 0.29) is 34.9 Å². The van der Waals surface area contributed by atoms with Gasteiger partial charge >= 0.3 is 5.97 Å². The number of benzene rings is 2. The molecule has 1 atom stereocenters. The fourth-order valence-electron chi connectivity index (χ4n) is 4.46. The number of carbonyl (C=O) groups is 1. The van der Waals surface area contributed by atoms with E-state index in [2.05, 4.69) is 4.98 Å². The Morgan fingerprint density at radius 2 is 1.95 bits per heavy atom. The molecule has 2 aromatic heterocycles. The van der Waals surface area contributed by atoms with Gasteiger partial charge in [0.1, 0.15) is 17.1 Å². The summed E-state index contributed by atoms with van der Waals surface area (Å²) < 4.78 is 22.3. The molecule has 0 amide bonds. The van der Waals surface area contributed by atoms with Gasteiger partial charge in [-0.3, -0.25) is 9.78 Å². The molecular weight excluding hydrogens is 499 g/mol. The molecule has 2 aromatic carbocycles. The highest BCUT2D eigenvalue weighted by molar-refractivity contribution is 6.31. The van der Waals surface area contributed by atoms with Crippen LogP contribution in [0.5, 0.6) is 5.75 Å². The molecule has 4 aromatic rings. The number of hydrogen-bond acceptors (Lipinski definition) is 5. The zero-order chi connectivity index (χ0) is 26.9. The van der Waals surface area contributed by atoms with Crippen LogP contribution in [0.3, 0.4) is 0 Å². The zero-order valence-corrected chi connectivity index (χ0v) is 21.3. The quantitative estimate of drug-likeness (QED) is 0.322. The van der Waals surface area contributed by atoms with Crippen molar-refractivity contribution < 1.29 is 24.1 Å². The molecule has 0 spiro atoms. The molecule has 0 fully saturated rings. The molecule has 7 nitrogen and oxygen atoms in total. The number of ether oxygens (including phenoxy) is 1. The van der Waals surface area contributed by atoms with Crippen molar-refractivity contribution in [2.75, 3.05) is 13.7 Å². The van der Waals surface area contributed by atoms with Crippen LogP contribution in [-0.2, 0) is 6.42 Å². The lowest BCUT2D eigenvalue weighted by Gasteiger charge is -2.25. The number of methoxy groups -OCH3 is 1. The summed E-state index contributed by atoms with van der Waals surface area (Å²) in [6.45, 7) is 3.51. The molecule has 9 heteroatoms. The van der Waals surface area contributed by atoms with Gasteiger partial charge in [-0.05, 0) is 47.4 Å². The molecule has 2 heterocycles. The first-order valence-corrected chi connectivity index (χ1v) is 12.0. The van der Waals surface area contributed by atoms with Crippen molar-refractivity contribution in [2.45, 2.75) is 26.3 Å². The van der Waals surface area contributed by atoms with Crippen molar-refractivity contribution in [1.29, 1.82) is 0 Å². The third kappa shape index (κ3) is 5.08. The lowest BCUT2D eigenvalue weighted by atomic mass is 9.97. The minimum atomic E-state index is -1.38. The minimum Gasteiger partial charge on any atom is -0.496 e. The maximum atomic E-state index is 15.1. The monoisotopic (exact) mass is 524 g/mol. The smallest absolute Gasteiger partial charge is 0.341 e. The number of aromatic carboxylic acids is 1. The Kier molecular flexibility index (Phi) is 7.61. The van der Waals surface area contributed by atoms with Crippen LogP contribution in [0.25, 0.3) is 22.2 Å². The highest BCUT2D eigenvalue weighted by Gasteiger charge is 2.23. The highest BCUT2D eigenvalue weighted by Crippen LogP contribution is 2.33. The van der Waals surface area contributed by atoms with Gasteiger partial charge in [0.05, 0.1) is 36.0 Å². The maximum Gasteiger partial charge on any atom is 0.341 e. The zero-order valence-electron chi connectivity index (χ0n) is 20.5. The first-order valence-electron chi connectivity index (χ1n) is 11.7. The second-order valence-corrected chi connectivity index (χ2v) is 9.49. The average molecular weight is 525 g/mol. The van der Waals surface area contributed by atoms with Crippen LogP contribution in [0.1, 0.15) is 41.4 Å². The number of carboxylic acids is 1. The number of aliphatic hydroxyl groups excluding tert-OH is 1. The van der Waals surface area contributed by atoms with Gasteiger partial charge in [-0.1, -0.05) is 31.5 Å². The predicted octanol–water partition coefficient (Wildman–Crippen LogP) is 5.34. The van der Waals surface area contributed by atoms with Crippen LogP contribution in [0.2, 0.25) is 5.02 Å². The van der Waals surface area contributed by atoms with E-state index >= 15 is 4.39 Å². The molecule has 37 heavy (non-hydrogen) atoms.